The largest absolute Gasteiger partial charge is 0.309 e. The van der Waals surface area contributed by atoms with Crippen molar-refractivity contribution in [2.75, 3.05) is 4.90 Å². The van der Waals surface area contributed by atoms with Crippen LogP contribution in [0, 0.1) is 11.3 Å². The van der Waals surface area contributed by atoms with Crippen molar-refractivity contribution in [3.8, 4) is 28.5 Å². The van der Waals surface area contributed by atoms with Gasteiger partial charge < -0.3 is 4.90 Å². The van der Waals surface area contributed by atoms with Gasteiger partial charge in [-0.25, -0.2) is 4.98 Å². The molecular formula is C33H25N3. The van der Waals surface area contributed by atoms with Crippen molar-refractivity contribution < 1.29 is 0 Å². The fraction of sp³-hybridized carbons (Fsp3) is 0.0909. The molecule has 0 saturated carbocycles. The second-order valence-electron chi connectivity index (χ2n) is 9.58. The highest BCUT2D eigenvalue weighted by Gasteiger charge is 2.37. The topological polar surface area (TPSA) is 39.9 Å². The SMILES string of the molecule is CC1(C)c2ccccc2N(c2ccccc2-c2ccccc2-c2cccc(C#N)n2)c2ccccc21. The number of hydrogen-bond donors (Lipinski definition) is 0. The average molecular weight is 464 g/mol. The summed E-state index contributed by atoms with van der Waals surface area (Å²) < 4.78 is 0. The predicted molar refractivity (Wildman–Crippen MR) is 147 cm³/mol. The zero-order valence-corrected chi connectivity index (χ0v) is 20.3. The maximum Gasteiger partial charge on any atom is 0.141 e. The molecule has 2 heterocycles. The van der Waals surface area contributed by atoms with Crippen LogP contribution in [0.2, 0.25) is 0 Å². The van der Waals surface area contributed by atoms with Crippen LogP contribution >= 0.6 is 0 Å². The number of anilines is 3. The summed E-state index contributed by atoms with van der Waals surface area (Å²) in [5.41, 5.74) is 10.4. The third kappa shape index (κ3) is 3.39. The molecule has 0 N–H and O–H groups in total. The lowest BCUT2D eigenvalue weighted by molar-refractivity contribution is 0.632. The Morgan fingerprint density at radius 1 is 0.583 bits per heavy atom. The lowest BCUT2D eigenvalue weighted by Crippen LogP contribution is -2.30. The minimum atomic E-state index is -0.113. The van der Waals surface area contributed by atoms with Crippen molar-refractivity contribution in [2.45, 2.75) is 19.3 Å². The standard InChI is InChI=1S/C33H25N3/c1-33(2)27-16-6-9-20-31(27)36(32-21-10-7-17-28(32)33)30-19-8-5-15-26(30)24-13-3-4-14-25(24)29-18-11-12-23(22-34)35-29/h3-21H,1-2H3. The van der Waals surface area contributed by atoms with Gasteiger partial charge in [-0.05, 0) is 47.0 Å². The third-order valence-corrected chi connectivity index (χ3v) is 7.14. The van der Waals surface area contributed by atoms with E-state index in [1.807, 2.05) is 18.2 Å². The van der Waals surface area contributed by atoms with Crippen molar-refractivity contribution in [3.05, 3.63) is 132 Å². The highest BCUT2D eigenvalue weighted by Crippen LogP contribution is 2.53. The summed E-state index contributed by atoms with van der Waals surface area (Å²) in [7, 11) is 0. The van der Waals surface area contributed by atoms with Crippen LogP contribution < -0.4 is 4.90 Å². The Bertz CT molecular complexity index is 1590. The Kier molecular flexibility index (Phi) is 5.16. The second-order valence-corrected chi connectivity index (χ2v) is 9.58. The molecule has 6 rings (SSSR count). The van der Waals surface area contributed by atoms with Gasteiger partial charge in [-0.15, -0.1) is 0 Å². The number of aromatic nitrogens is 1. The number of hydrogen-bond acceptors (Lipinski definition) is 3. The Morgan fingerprint density at radius 2 is 1.11 bits per heavy atom. The van der Waals surface area contributed by atoms with Gasteiger partial charge >= 0.3 is 0 Å². The van der Waals surface area contributed by atoms with Crippen LogP contribution in [-0.4, -0.2) is 4.98 Å². The Balaban J connectivity index is 1.61. The quantitative estimate of drug-likeness (QED) is 0.270. The number of rotatable bonds is 3. The molecule has 3 nitrogen and oxygen atoms in total. The highest BCUT2D eigenvalue weighted by atomic mass is 15.2. The monoisotopic (exact) mass is 463 g/mol. The molecule has 0 radical (unpaired) electrons. The van der Waals surface area contributed by atoms with Crippen LogP contribution in [0.4, 0.5) is 17.1 Å². The first-order valence-corrected chi connectivity index (χ1v) is 12.1. The van der Waals surface area contributed by atoms with E-state index < -0.39 is 0 Å². The molecule has 0 aliphatic carbocycles. The van der Waals surface area contributed by atoms with E-state index in [-0.39, 0.29) is 5.41 Å². The summed E-state index contributed by atoms with van der Waals surface area (Å²) in [6, 6.07) is 42.0. The van der Waals surface area contributed by atoms with E-state index in [1.165, 1.54) is 22.5 Å². The van der Waals surface area contributed by atoms with Crippen molar-refractivity contribution in [1.82, 2.24) is 4.98 Å². The van der Waals surface area contributed by atoms with Crippen molar-refractivity contribution in [3.63, 3.8) is 0 Å². The number of nitriles is 1. The first kappa shape index (κ1) is 21.8. The fourth-order valence-electron chi connectivity index (χ4n) is 5.41. The normalized spacial score (nSPS) is 13.4. The zero-order valence-electron chi connectivity index (χ0n) is 20.3. The molecule has 1 aliphatic heterocycles. The van der Waals surface area contributed by atoms with Gasteiger partial charge in [0, 0.05) is 16.5 Å². The fourth-order valence-corrected chi connectivity index (χ4v) is 5.41. The number of fused-ring (bicyclic) bond motifs is 2. The first-order valence-electron chi connectivity index (χ1n) is 12.1. The number of nitrogens with zero attached hydrogens (tertiary/aromatic N) is 3. The van der Waals surface area contributed by atoms with Crippen LogP contribution in [0.3, 0.4) is 0 Å². The smallest absolute Gasteiger partial charge is 0.141 e. The van der Waals surface area contributed by atoms with E-state index in [0.717, 1.165) is 28.1 Å². The molecule has 36 heavy (non-hydrogen) atoms. The van der Waals surface area contributed by atoms with Crippen LogP contribution in [0.15, 0.2) is 115 Å². The Morgan fingerprint density at radius 3 is 1.75 bits per heavy atom. The molecule has 1 aromatic heterocycles. The molecule has 0 bridgehead atoms. The summed E-state index contributed by atoms with van der Waals surface area (Å²) >= 11 is 0. The molecule has 0 atom stereocenters. The maximum absolute atomic E-state index is 9.42. The summed E-state index contributed by atoms with van der Waals surface area (Å²) in [6.07, 6.45) is 0. The van der Waals surface area contributed by atoms with Crippen molar-refractivity contribution in [1.29, 1.82) is 5.26 Å². The molecule has 0 amide bonds. The minimum Gasteiger partial charge on any atom is -0.309 e. The minimum absolute atomic E-state index is 0.113. The number of pyridine rings is 1. The molecule has 0 fully saturated rings. The Hall–Kier alpha value is -4.68. The summed E-state index contributed by atoms with van der Waals surface area (Å²) in [5.74, 6) is 0. The highest BCUT2D eigenvalue weighted by molar-refractivity contribution is 5.95. The van der Waals surface area contributed by atoms with Gasteiger partial charge in [-0.2, -0.15) is 5.26 Å². The lowest BCUT2D eigenvalue weighted by atomic mass is 9.73. The van der Waals surface area contributed by atoms with Gasteiger partial charge in [-0.3, -0.25) is 0 Å². The van der Waals surface area contributed by atoms with E-state index in [9.17, 15) is 5.26 Å². The summed E-state index contributed by atoms with van der Waals surface area (Å²) in [6.45, 7) is 4.61. The van der Waals surface area contributed by atoms with Crippen LogP contribution in [-0.2, 0) is 5.41 Å². The van der Waals surface area contributed by atoms with Crippen LogP contribution in [0.25, 0.3) is 22.4 Å². The van der Waals surface area contributed by atoms with Gasteiger partial charge in [0.15, 0.2) is 0 Å². The van der Waals surface area contributed by atoms with Crippen molar-refractivity contribution >= 4 is 17.1 Å². The molecule has 4 aromatic carbocycles. The van der Waals surface area contributed by atoms with Gasteiger partial charge in [-0.1, -0.05) is 98.8 Å². The molecule has 1 aliphatic rings. The molecule has 172 valence electrons. The molecule has 5 aromatic rings. The van der Waals surface area contributed by atoms with E-state index in [2.05, 4.69) is 121 Å². The number of para-hydroxylation sites is 3. The van der Waals surface area contributed by atoms with Gasteiger partial charge in [0.1, 0.15) is 11.8 Å². The molecule has 0 unspecified atom stereocenters. The van der Waals surface area contributed by atoms with Crippen LogP contribution in [0.1, 0.15) is 30.7 Å². The molecular weight excluding hydrogens is 438 g/mol. The van der Waals surface area contributed by atoms with Gasteiger partial charge in [0.05, 0.1) is 22.8 Å². The average Bonchev–Trinajstić information content (AvgIpc) is 2.94. The van der Waals surface area contributed by atoms with E-state index >= 15 is 0 Å². The summed E-state index contributed by atoms with van der Waals surface area (Å²) in [4.78, 5) is 7.00. The van der Waals surface area contributed by atoms with Crippen molar-refractivity contribution in [2.24, 2.45) is 0 Å². The van der Waals surface area contributed by atoms with E-state index in [0.29, 0.717) is 5.69 Å². The second kappa shape index (κ2) is 8.52. The van der Waals surface area contributed by atoms with Gasteiger partial charge in [0.25, 0.3) is 0 Å². The van der Waals surface area contributed by atoms with Crippen LogP contribution in [0.5, 0.6) is 0 Å². The summed E-state index contributed by atoms with van der Waals surface area (Å²) in [5, 5.41) is 9.42. The van der Waals surface area contributed by atoms with Gasteiger partial charge in [0.2, 0.25) is 0 Å². The first-order chi connectivity index (χ1) is 17.6. The van der Waals surface area contributed by atoms with E-state index in [4.69, 9.17) is 0 Å². The molecule has 0 spiro atoms. The Labute approximate surface area is 211 Å². The maximum atomic E-state index is 9.42. The van der Waals surface area contributed by atoms with E-state index in [1.54, 1.807) is 6.07 Å². The zero-order chi connectivity index (χ0) is 24.7. The lowest BCUT2D eigenvalue weighted by Gasteiger charge is -2.42. The third-order valence-electron chi connectivity index (χ3n) is 7.14. The number of benzene rings is 4. The predicted octanol–water partition coefficient (Wildman–Crippen LogP) is 8.40. The molecule has 0 saturated heterocycles. The molecule has 3 heteroatoms.